The Morgan fingerprint density at radius 1 is 1.53 bits per heavy atom. The normalized spacial score (nSPS) is 12.3. The van der Waals surface area contributed by atoms with Gasteiger partial charge in [-0.25, -0.2) is 4.79 Å². The van der Waals surface area contributed by atoms with Crippen LogP contribution in [-0.2, 0) is 9.59 Å². The summed E-state index contributed by atoms with van der Waals surface area (Å²) in [6, 6.07) is 2.17. The summed E-state index contributed by atoms with van der Waals surface area (Å²) in [5.41, 5.74) is 0.721. The van der Waals surface area contributed by atoms with E-state index in [1.165, 1.54) is 12.2 Å². The van der Waals surface area contributed by atoms with Crippen molar-refractivity contribution in [1.82, 2.24) is 10.3 Å². The molecule has 0 saturated heterocycles. The highest BCUT2D eigenvalue weighted by atomic mass is 16.4. The first-order chi connectivity index (χ1) is 8.13. The second kappa shape index (κ2) is 6.39. The molecule has 0 aliphatic carbocycles. The molecule has 17 heavy (non-hydrogen) atoms. The molecule has 0 spiro atoms. The predicted octanol–water partition coefficient (Wildman–Crippen LogP) is -0.343. The van der Waals surface area contributed by atoms with Crippen molar-refractivity contribution in [2.75, 3.05) is 6.61 Å². The maximum absolute atomic E-state index is 11.3. The van der Waals surface area contributed by atoms with E-state index in [-0.39, 0.29) is 0 Å². The van der Waals surface area contributed by atoms with Crippen LogP contribution in [0, 0.1) is 0 Å². The lowest BCUT2D eigenvalue weighted by molar-refractivity contribution is -0.142. The molecule has 6 nitrogen and oxygen atoms in total. The van der Waals surface area contributed by atoms with Gasteiger partial charge in [0.2, 0.25) is 5.91 Å². The average Bonchev–Trinajstić information content (AvgIpc) is 2.34. The number of hydrogen-bond acceptors (Lipinski definition) is 4. The van der Waals surface area contributed by atoms with Gasteiger partial charge in [-0.2, -0.15) is 0 Å². The van der Waals surface area contributed by atoms with Crippen molar-refractivity contribution in [1.29, 1.82) is 0 Å². The largest absolute Gasteiger partial charge is 0.480 e. The van der Waals surface area contributed by atoms with E-state index in [0.29, 0.717) is 0 Å². The van der Waals surface area contributed by atoms with Crippen molar-refractivity contribution in [3.63, 3.8) is 0 Å². The van der Waals surface area contributed by atoms with E-state index >= 15 is 0 Å². The van der Waals surface area contributed by atoms with Gasteiger partial charge in [-0.3, -0.25) is 9.78 Å². The van der Waals surface area contributed by atoms with Gasteiger partial charge < -0.3 is 15.5 Å². The first-order valence-electron chi connectivity index (χ1n) is 4.85. The summed E-state index contributed by atoms with van der Waals surface area (Å²) >= 11 is 0. The molecule has 0 bridgehead atoms. The van der Waals surface area contributed by atoms with E-state index in [1.54, 1.807) is 24.5 Å². The lowest BCUT2D eigenvalue weighted by atomic mass is 10.2. The molecule has 1 amide bonds. The number of carboxylic acids is 1. The Hall–Kier alpha value is -2.21. The second-order valence-electron chi connectivity index (χ2n) is 3.20. The minimum Gasteiger partial charge on any atom is -0.480 e. The Morgan fingerprint density at radius 3 is 2.82 bits per heavy atom. The van der Waals surface area contributed by atoms with Gasteiger partial charge in [-0.05, 0) is 17.7 Å². The molecule has 3 N–H and O–H groups in total. The fraction of sp³-hybridized carbons (Fsp3) is 0.182. The number of nitrogens with zero attached hydrogens (tertiary/aromatic N) is 1. The van der Waals surface area contributed by atoms with Crippen LogP contribution < -0.4 is 5.32 Å². The molecule has 0 unspecified atom stereocenters. The van der Waals surface area contributed by atoms with Crippen LogP contribution >= 0.6 is 0 Å². The smallest absolute Gasteiger partial charge is 0.328 e. The van der Waals surface area contributed by atoms with Gasteiger partial charge in [0.25, 0.3) is 0 Å². The van der Waals surface area contributed by atoms with E-state index < -0.39 is 24.5 Å². The summed E-state index contributed by atoms with van der Waals surface area (Å²) in [7, 11) is 0. The third kappa shape index (κ3) is 4.43. The molecule has 0 fully saturated rings. The van der Waals surface area contributed by atoms with Gasteiger partial charge in [0.1, 0.15) is 0 Å². The highest BCUT2D eigenvalue weighted by molar-refractivity contribution is 5.94. The fourth-order valence-electron chi connectivity index (χ4n) is 1.05. The maximum Gasteiger partial charge on any atom is 0.328 e. The van der Waals surface area contributed by atoms with Crippen LogP contribution in [0.15, 0.2) is 30.6 Å². The summed E-state index contributed by atoms with van der Waals surface area (Å²) in [5.74, 6) is -1.87. The number of aliphatic hydroxyl groups excluding tert-OH is 1. The molecule has 1 atom stereocenters. The monoisotopic (exact) mass is 236 g/mol. The summed E-state index contributed by atoms with van der Waals surface area (Å²) in [5, 5.41) is 19.4. The van der Waals surface area contributed by atoms with Crippen LogP contribution in [0.4, 0.5) is 0 Å². The first-order valence-corrected chi connectivity index (χ1v) is 4.85. The zero-order chi connectivity index (χ0) is 12.7. The molecular formula is C11H12N2O4. The standard InChI is InChI=1S/C11H12N2O4/c14-7-9(11(16)17)13-10(15)4-3-8-2-1-5-12-6-8/h1-6,9,14H,7H2,(H,13,15)(H,16,17)/b4-3+/t9-/m1/s1. The molecule has 0 aromatic carbocycles. The second-order valence-corrected chi connectivity index (χ2v) is 3.20. The van der Waals surface area contributed by atoms with E-state index in [0.717, 1.165) is 5.56 Å². The molecule has 1 aromatic heterocycles. The Balaban J connectivity index is 2.55. The lowest BCUT2D eigenvalue weighted by Crippen LogP contribution is -2.42. The van der Waals surface area contributed by atoms with Crippen molar-refractivity contribution in [3.8, 4) is 0 Å². The third-order valence-corrected chi connectivity index (χ3v) is 1.91. The quantitative estimate of drug-likeness (QED) is 0.607. The summed E-state index contributed by atoms with van der Waals surface area (Å²) in [4.78, 5) is 25.7. The molecular weight excluding hydrogens is 224 g/mol. The lowest BCUT2D eigenvalue weighted by Gasteiger charge is -2.08. The number of aliphatic carboxylic acids is 1. The highest BCUT2D eigenvalue weighted by Gasteiger charge is 2.16. The minimum absolute atomic E-state index is 0.588. The van der Waals surface area contributed by atoms with E-state index in [4.69, 9.17) is 10.2 Å². The number of aliphatic hydroxyl groups is 1. The van der Waals surface area contributed by atoms with Gasteiger partial charge in [-0.15, -0.1) is 0 Å². The average molecular weight is 236 g/mol. The zero-order valence-electron chi connectivity index (χ0n) is 8.91. The van der Waals surface area contributed by atoms with Crippen molar-refractivity contribution in [3.05, 3.63) is 36.2 Å². The number of carboxylic acid groups (broad SMARTS) is 1. The molecule has 1 heterocycles. The first kappa shape index (κ1) is 12.9. The van der Waals surface area contributed by atoms with Crippen LogP contribution in [0.1, 0.15) is 5.56 Å². The Bertz CT molecular complexity index is 417. The van der Waals surface area contributed by atoms with Crippen molar-refractivity contribution in [2.45, 2.75) is 6.04 Å². The number of aromatic nitrogens is 1. The van der Waals surface area contributed by atoms with Crippen molar-refractivity contribution in [2.24, 2.45) is 0 Å². The number of hydrogen-bond donors (Lipinski definition) is 3. The van der Waals surface area contributed by atoms with E-state index in [9.17, 15) is 9.59 Å². The van der Waals surface area contributed by atoms with Gasteiger partial charge in [0.05, 0.1) is 6.61 Å². The molecule has 6 heteroatoms. The summed E-state index contributed by atoms with van der Waals surface area (Å²) < 4.78 is 0. The highest BCUT2D eigenvalue weighted by Crippen LogP contribution is 1.98. The molecule has 0 aliphatic rings. The molecule has 90 valence electrons. The summed E-state index contributed by atoms with van der Waals surface area (Å²) in [6.45, 7) is -0.651. The van der Waals surface area contributed by atoms with Crippen molar-refractivity contribution >= 4 is 18.0 Å². The predicted molar refractivity (Wildman–Crippen MR) is 59.9 cm³/mol. The number of pyridine rings is 1. The van der Waals surface area contributed by atoms with Crippen LogP contribution in [0.2, 0.25) is 0 Å². The molecule has 0 aliphatic heterocycles. The van der Waals surface area contributed by atoms with Crippen LogP contribution in [0.25, 0.3) is 6.08 Å². The summed E-state index contributed by atoms with van der Waals surface area (Å²) in [6.07, 6.45) is 5.84. The van der Waals surface area contributed by atoms with E-state index in [1.807, 2.05) is 0 Å². The molecule has 1 rings (SSSR count). The van der Waals surface area contributed by atoms with Gasteiger partial charge >= 0.3 is 5.97 Å². The fourth-order valence-corrected chi connectivity index (χ4v) is 1.05. The van der Waals surface area contributed by atoms with Gasteiger partial charge in [-0.1, -0.05) is 6.07 Å². The number of amides is 1. The van der Waals surface area contributed by atoms with Gasteiger partial charge in [0.15, 0.2) is 6.04 Å². The number of carbonyl (C=O) groups excluding carboxylic acids is 1. The third-order valence-electron chi connectivity index (χ3n) is 1.91. The minimum atomic E-state index is -1.29. The van der Waals surface area contributed by atoms with Crippen LogP contribution in [0.5, 0.6) is 0 Å². The Morgan fingerprint density at radius 2 is 2.29 bits per heavy atom. The Labute approximate surface area is 97.6 Å². The molecule has 0 saturated carbocycles. The number of carbonyl (C=O) groups is 2. The van der Waals surface area contributed by atoms with Gasteiger partial charge in [0, 0.05) is 18.5 Å². The number of nitrogens with one attached hydrogen (secondary N) is 1. The maximum atomic E-state index is 11.3. The van der Waals surface area contributed by atoms with Crippen LogP contribution in [-0.4, -0.2) is 39.7 Å². The topological polar surface area (TPSA) is 99.5 Å². The molecule has 0 radical (unpaired) electrons. The Kier molecular flexibility index (Phi) is 4.83. The van der Waals surface area contributed by atoms with Crippen molar-refractivity contribution < 1.29 is 19.8 Å². The van der Waals surface area contributed by atoms with E-state index in [2.05, 4.69) is 10.3 Å². The zero-order valence-corrected chi connectivity index (χ0v) is 8.91. The van der Waals surface area contributed by atoms with Crippen LogP contribution in [0.3, 0.4) is 0 Å². The molecule has 1 aromatic rings. The SMILES string of the molecule is O=C(/C=C/c1cccnc1)N[C@H](CO)C(=O)O. The number of rotatable bonds is 5.